The third-order valence-electron chi connectivity index (χ3n) is 9.39. The molecule has 0 aliphatic carbocycles. The Labute approximate surface area is 299 Å². The first-order valence-corrected chi connectivity index (χ1v) is 16.4. The maximum absolute atomic E-state index is 4.77. The van der Waals surface area contributed by atoms with Gasteiger partial charge in [0.05, 0.1) is 0 Å². The fourth-order valence-corrected chi connectivity index (χ4v) is 7.05. The fourth-order valence-electron chi connectivity index (χ4n) is 7.05. The maximum atomic E-state index is 4.77. The Bertz CT molecular complexity index is 2520. The van der Waals surface area contributed by atoms with Gasteiger partial charge in [0.2, 0.25) is 0 Å². The van der Waals surface area contributed by atoms with Crippen LogP contribution in [0.2, 0.25) is 0 Å². The molecular formula is C47H30IrN-. The summed E-state index contributed by atoms with van der Waals surface area (Å²) >= 11 is 0. The van der Waals surface area contributed by atoms with E-state index >= 15 is 0 Å². The second kappa shape index (κ2) is 13.1. The first-order valence-electron chi connectivity index (χ1n) is 16.4. The molecule has 0 saturated carbocycles. The number of nitrogens with zero attached hydrogens (tertiary/aromatic N) is 1. The SMILES string of the molecule is [Ir].[c-]1ccc(-c2cccc(-c3cc(-c4cccc5ccccc45)cc(-c4cccc5ccccc45)c3)c2)cc1-c1nccc2ccccc12. The fraction of sp³-hybridized carbons (Fsp3) is 0. The maximum Gasteiger partial charge on any atom is 0.0167 e. The molecule has 1 radical (unpaired) electrons. The van der Waals surface area contributed by atoms with E-state index in [1.165, 1.54) is 60.3 Å². The number of hydrogen-bond acceptors (Lipinski definition) is 1. The van der Waals surface area contributed by atoms with Crippen molar-refractivity contribution in [3.05, 3.63) is 188 Å². The minimum absolute atomic E-state index is 0. The molecule has 0 fully saturated rings. The van der Waals surface area contributed by atoms with Crippen molar-refractivity contribution in [2.75, 3.05) is 0 Å². The largest absolute Gasteiger partial charge is 0.304 e. The van der Waals surface area contributed by atoms with E-state index in [-0.39, 0.29) is 20.1 Å². The van der Waals surface area contributed by atoms with Crippen molar-refractivity contribution in [1.82, 2.24) is 4.98 Å². The zero-order valence-corrected chi connectivity index (χ0v) is 29.0. The van der Waals surface area contributed by atoms with Crippen molar-refractivity contribution in [3.63, 3.8) is 0 Å². The van der Waals surface area contributed by atoms with E-state index in [4.69, 9.17) is 4.98 Å². The molecule has 1 heterocycles. The van der Waals surface area contributed by atoms with Gasteiger partial charge in [0.25, 0.3) is 0 Å². The van der Waals surface area contributed by atoms with Crippen molar-refractivity contribution < 1.29 is 20.1 Å². The zero-order valence-electron chi connectivity index (χ0n) is 26.6. The van der Waals surface area contributed by atoms with Gasteiger partial charge in [0.1, 0.15) is 0 Å². The third-order valence-corrected chi connectivity index (χ3v) is 9.39. The van der Waals surface area contributed by atoms with Crippen molar-refractivity contribution in [1.29, 1.82) is 0 Å². The predicted molar refractivity (Wildman–Crippen MR) is 203 cm³/mol. The normalized spacial score (nSPS) is 11.1. The first kappa shape index (κ1) is 30.7. The van der Waals surface area contributed by atoms with Crippen LogP contribution in [0.15, 0.2) is 182 Å². The van der Waals surface area contributed by atoms with Crippen LogP contribution in [0.4, 0.5) is 0 Å². The smallest absolute Gasteiger partial charge is 0.0167 e. The van der Waals surface area contributed by atoms with E-state index in [1.807, 2.05) is 12.3 Å². The van der Waals surface area contributed by atoms with E-state index < -0.39 is 0 Å². The van der Waals surface area contributed by atoms with E-state index in [0.717, 1.165) is 27.8 Å². The molecule has 0 atom stereocenters. The van der Waals surface area contributed by atoms with E-state index in [1.54, 1.807) is 0 Å². The Kier molecular flexibility index (Phi) is 8.19. The van der Waals surface area contributed by atoms with Gasteiger partial charge in [-0.15, -0.1) is 35.4 Å². The van der Waals surface area contributed by atoms with Crippen LogP contribution in [0.1, 0.15) is 0 Å². The van der Waals surface area contributed by atoms with Crippen LogP contribution in [0.25, 0.3) is 88.1 Å². The second-order valence-electron chi connectivity index (χ2n) is 12.3. The molecule has 1 nitrogen and oxygen atoms in total. The monoisotopic (exact) mass is 801 g/mol. The van der Waals surface area contributed by atoms with E-state index in [0.29, 0.717) is 0 Å². The van der Waals surface area contributed by atoms with Crippen LogP contribution >= 0.6 is 0 Å². The van der Waals surface area contributed by atoms with Gasteiger partial charge in [0.15, 0.2) is 0 Å². The third kappa shape index (κ3) is 5.76. The van der Waals surface area contributed by atoms with Gasteiger partial charge in [0, 0.05) is 26.3 Å². The van der Waals surface area contributed by atoms with Crippen molar-refractivity contribution in [3.8, 4) is 55.8 Å². The van der Waals surface area contributed by atoms with Crippen LogP contribution in [-0.4, -0.2) is 4.98 Å². The van der Waals surface area contributed by atoms with Crippen molar-refractivity contribution >= 4 is 32.3 Å². The molecule has 9 rings (SSSR count). The average Bonchev–Trinajstić information content (AvgIpc) is 3.17. The van der Waals surface area contributed by atoms with E-state index in [2.05, 4.69) is 176 Å². The molecule has 0 aliphatic heterocycles. The molecule has 9 aromatic rings. The van der Waals surface area contributed by atoms with Gasteiger partial charge in [-0.2, -0.15) is 0 Å². The molecule has 0 spiro atoms. The summed E-state index contributed by atoms with van der Waals surface area (Å²) in [6, 6.07) is 66.7. The molecule has 49 heavy (non-hydrogen) atoms. The quantitative estimate of drug-likeness (QED) is 0.158. The molecular weight excluding hydrogens is 771 g/mol. The molecule has 0 amide bonds. The number of benzene rings is 8. The van der Waals surface area contributed by atoms with Crippen LogP contribution in [-0.2, 0) is 20.1 Å². The Morgan fingerprint density at radius 3 is 1.49 bits per heavy atom. The summed E-state index contributed by atoms with van der Waals surface area (Å²) in [5.74, 6) is 0. The topological polar surface area (TPSA) is 12.9 Å². The van der Waals surface area contributed by atoms with Crippen LogP contribution in [0.5, 0.6) is 0 Å². The Hall–Kier alpha value is -5.66. The summed E-state index contributed by atoms with van der Waals surface area (Å²) in [5, 5.41) is 7.30. The van der Waals surface area contributed by atoms with Crippen LogP contribution in [0, 0.1) is 6.07 Å². The summed E-state index contributed by atoms with van der Waals surface area (Å²) in [4.78, 5) is 4.77. The number of pyridine rings is 1. The van der Waals surface area contributed by atoms with E-state index in [9.17, 15) is 0 Å². The van der Waals surface area contributed by atoms with Crippen LogP contribution in [0.3, 0.4) is 0 Å². The molecule has 0 aliphatic rings. The average molecular weight is 801 g/mol. The molecule has 0 saturated heterocycles. The molecule has 8 aromatic carbocycles. The molecule has 233 valence electrons. The van der Waals surface area contributed by atoms with Crippen LogP contribution < -0.4 is 0 Å². The number of hydrogen-bond donors (Lipinski definition) is 0. The standard InChI is InChI=1S/C47H30N.Ir/c1-4-20-42-32(11-1)14-9-23-44(42)40-29-39(30-41(31-40)45-24-10-15-33-12-2-5-21-43(33)45)37-18-7-16-35(27-37)36-17-8-19-38(28-36)47-46-22-6-3-13-34(46)25-26-48-47;/h1-18,20-31H;/q-1;. The van der Waals surface area contributed by atoms with Gasteiger partial charge in [-0.25, -0.2) is 0 Å². The summed E-state index contributed by atoms with van der Waals surface area (Å²) in [6.45, 7) is 0. The zero-order chi connectivity index (χ0) is 31.9. The number of aromatic nitrogens is 1. The van der Waals surface area contributed by atoms with Gasteiger partial charge in [-0.3, -0.25) is 0 Å². The number of rotatable bonds is 5. The molecule has 1 aromatic heterocycles. The van der Waals surface area contributed by atoms with Gasteiger partial charge in [-0.1, -0.05) is 127 Å². The summed E-state index contributed by atoms with van der Waals surface area (Å²) in [7, 11) is 0. The first-order chi connectivity index (χ1) is 23.8. The minimum atomic E-state index is 0. The van der Waals surface area contributed by atoms with Gasteiger partial charge >= 0.3 is 0 Å². The van der Waals surface area contributed by atoms with Gasteiger partial charge < -0.3 is 4.98 Å². The molecule has 2 heteroatoms. The summed E-state index contributed by atoms with van der Waals surface area (Å²) in [5.41, 5.74) is 11.5. The van der Waals surface area contributed by atoms with Crippen molar-refractivity contribution in [2.24, 2.45) is 0 Å². The molecule has 0 unspecified atom stereocenters. The Balaban J connectivity index is 0.00000348. The molecule has 0 N–H and O–H groups in total. The van der Waals surface area contributed by atoms with Gasteiger partial charge in [-0.05, 0) is 107 Å². The van der Waals surface area contributed by atoms with Crippen molar-refractivity contribution in [2.45, 2.75) is 0 Å². The Morgan fingerprint density at radius 2 is 0.837 bits per heavy atom. The Morgan fingerprint density at radius 1 is 0.367 bits per heavy atom. The summed E-state index contributed by atoms with van der Waals surface area (Å²) in [6.07, 6.45) is 1.88. The minimum Gasteiger partial charge on any atom is -0.304 e. The second-order valence-corrected chi connectivity index (χ2v) is 12.3. The summed E-state index contributed by atoms with van der Waals surface area (Å²) < 4.78 is 0. The number of fused-ring (bicyclic) bond motifs is 3. The predicted octanol–water partition coefficient (Wildman–Crippen LogP) is 12.7. The molecule has 0 bridgehead atoms.